The number of hydrogen-bond acceptors (Lipinski definition) is 2. The van der Waals surface area contributed by atoms with E-state index in [0.717, 1.165) is 27.6 Å². The van der Waals surface area contributed by atoms with Crippen molar-refractivity contribution in [2.24, 2.45) is 0 Å². The Bertz CT molecular complexity index is 595. The van der Waals surface area contributed by atoms with Gasteiger partial charge in [-0.25, -0.2) is 0 Å². The topological polar surface area (TPSA) is 21.3 Å². The minimum atomic E-state index is 0.507. The van der Waals surface area contributed by atoms with Crippen LogP contribution in [0.25, 0.3) is 0 Å². The SMILES string of the molecule is C=CCOc1ccccc1CNc1cccc(Cl)c1C. The van der Waals surface area contributed by atoms with Gasteiger partial charge in [0.15, 0.2) is 0 Å². The van der Waals surface area contributed by atoms with Crippen LogP contribution in [0.15, 0.2) is 55.1 Å². The molecule has 0 atom stereocenters. The zero-order valence-electron chi connectivity index (χ0n) is 11.5. The predicted molar refractivity (Wildman–Crippen MR) is 85.6 cm³/mol. The Labute approximate surface area is 125 Å². The van der Waals surface area contributed by atoms with Crippen LogP contribution in [0, 0.1) is 6.92 Å². The van der Waals surface area contributed by atoms with Crippen molar-refractivity contribution in [1.29, 1.82) is 0 Å². The molecule has 0 saturated heterocycles. The van der Waals surface area contributed by atoms with Crippen LogP contribution in [0.1, 0.15) is 11.1 Å². The van der Waals surface area contributed by atoms with Gasteiger partial charge in [-0.15, -0.1) is 0 Å². The van der Waals surface area contributed by atoms with E-state index in [1.807, 2.05) is 49.4 Å². The van der Waals surface area contributed by atoms with Crippen molar-refractivity contribution in [2.45, 2.75) is 13.5 Å². The molecule has 0 fully saturated rings. The van der Waals surface area contributed by atoms with E-state index in [-0.39, 0.29) is 0 Å². The number of nitrogens with one attached hydrogen (secondary N) is 1. The molecule has 2 nitrogen and oxygen atoms in total. The lowest BCUT2D eigenvalue weighted by Gasteiger charge is -2.13. The molecule has 0 heterocycles. The zero-order valence-corrected chi connectivity index (χ0v) is 12.3. The maximum absolute atomic E-state index is 6.12. The molecule has 0 aliphatic rings. The van der Waals surface area contributed by atoms with Crippen molar-refractivity contribution in [3.8, 4) is 5.75 Å². The minimum Gasteiger partial charge on any atom is -0.489 e. The number of hydrogen-bond donors (Lipinski definition) is 1. The first-order chi connectivity index (χ1) is 9.72. The summed E-state index contributed by atoms with van der Waals surface area (Å²) in [7, 11) is 0. The Morgan fingerprint density at radius 3 is 2.80 bits per heavy atom. The monoisotopic (exact) mass is 287 g/mol. The number of ether oxygens (including phenoxy) is 1. The zero-order chi connectivity index (χ0) is 14.4. The third-order valence-electron chi connectivity index (χ3n) is 3.07. The lowest BCUT2D eigenvalue weighted by atomic mass is 10.1. The normalized spacial score (nSPS) is 10.1. The van der Waals surface area contributed by atoms with E-state index in [4.69, 9.17) is 16.3 Å². The van der Waals surface area contributed by atoms with Gasteiger partial charge in [0.05, 0.1) is 0 Å². The Morgan fingerprint density at radius 1 is 1.20 bits per heavy atom. The lowest BCUT2D eigenvalue weighted by Crippen LogP contribution is -2.04. The molecule has 2 aromatic carbocycles. The van der Waals surface area contributed by atoms with Crippen LogP contribution in [-0.4, -0.2) is 6.61 Å². The maximum Gasteiger partial charge on any atom is 0.124 e. The number of rotatable bonds is 6. The van der Waals surface area contributed by atoms with E-state index < -0.39 is 0 Å². The maximum atomic E-state index is 6.12. The molecule has 0 aliphatic heterocycles. The van der Waals surface area contributed by atoms with E-state index in [1.165, 1.54) is 0 Å². The van der Waals surface area contributed by atoms with E-state index >= 15 is 0 Å². The summed E-state index contributed by atoms with van der Waals surface area (Å²) in [5, 5.41) is 4.17. The second kappa shape index (κ2) is 7.01. The number of para-hydroxylation sites is 1. The molecule has 0 unspecified atom stereocenters. The van der Waals surface area contributed by atoms with E-state index in [1.54, 1.807) is 6.08 Å². The Balaban J connectivity index is 2.10. The van der Waals surface area contributed by atoms with Gasteiger partial charge in [-0.2, -0.15) is 0 Å². The average molecular weight is 288 g/mol. The second-order valence-corrected chi connectivity index (χ2v) is 4.88. The molecular formula is C17H18ClNO. The van der Waals surface area contributed by atoms with Gasteiger partial charge in [-0.1, -0.05) is 48.5 Å². The van der Waals surface area contributed by atoms with Crippen molar-refractivity contribution in [3.63, 3.8) is 0 Å². The summed E-state index contributed by atoms with van der Waals surface area (Å²) in [5.41, 5.74) is 3.20. The van der Waals surface area contributed by atoms with Gasteiger partial charge < -0.3 is 10.1 Å². The van der Waals surface area contributed by atoms with E-state index in [9.17, 15) is 0 Å². The van der Waals surface area contributed by atoms with Crippen molar-refractivity contribution >= 4 is 17.3 Å². The van der Waals surface area contributed by atoms with Gasteiger partial charge in [0.1, 0.15) is 12.4 Å². The third-order valence-corrected chi connectivity index (χ3v) is 3.48. The summed E-state index contributed by atoms with van der Waals surface area (Å²) in [6.45, 7) is 6.87. The summed E-state index contributed by atoms with van der Waals surface area (Å²) in [6, 6.07) is 13.8. The molecule has 0 bridgehead atoms. The summed E-state index contributed by atoms with van der Waals surface area (Å²) >= 11 is 6.12. The molecule has 2 aromatic rings. The van der Waals surface area contributed by atoms with Gasteiger partial charge in [-0.3, -0.25) is 0 Å². The highest BCUT2D eigenvalue weighted by Crippen LogP contribution is 2.25. The van der Waals surface area contributed by atoms with Crippen LogP contribution in [0.5, 0.6) is 5.75 Å². The molecular weight excluding hydrogens is 270 g/mol. The quantitative estimate of drug-likeness (QED) is 0.769. The van der Waals surface area contributed by atoms with E-state index in [0.29, 0.717) is 13.2 Å². The van der Waals surface area contributed by atoms with Crippen LogP contribution >= 0.6 is 11.6 Å². The van der Waals surface area contributed by atoms with Crippen LogP contribution in [0.3, 0.4) is 0 Å². The van der Waals surface area contributed by atoms with Crippen molar-refractivity contribution in [2.75, 3.05) is 11.9 Å². The van der Waals surface area contributed by atoms with Crippen molar-refractivity contribution in [1.82, 2.24) is 0 Å². The average Bonchev–Trinajstić information content (AvgIpc) is 2.47. The number of halogens is 1. The highest BCUT2D eigenvalue weighted by atomic mass is 35.5. The lowest BCUT2D eigenvalue weighted by molar-refractivity contribution is 0.359. The highest BCUT2D eigenvalue weighted by molar-refractivity contribution is 6.31. The second-order valence-electron chi connectivity index (χ2n) is 4.47. The molecule has 0 aliphatic carbocycles. The largest absolute Gasteiger partial charge is 0.489 e. The summed E-state index contributed by atoms with van der Waals surface area (Å²) < 4.78 is 5.64. The standard InChI is InChI=1S/C17H18ClNO/c1-3-11-20-17-10-5-4-7-14(17)12-19-16-9-6-8-15(18)13(16)2/h3-10,19H,1,11-12H2,2H3. The van der Waals surface area contributed by atoms with E-state index in [2.05, 4.69) is 11.9 Å². The smallest absolute Gasteiger partial charge is 0.124 e. The van der Waals surface area contributed by atoms with Gasteiger partial charge in [-0.05, 0) is 30.7 Å². The summed E-state index contributed by atoms with van der Waals surface area (Å²) in [6.07, 6.45) is 1.74. The predicted octanol–water partition coefficient (Wildman–Crippen LogP) is 4.83. The fourth-order valence-electron chi connectivity index (χ4n) is 1.93. The fraction of sp³-hybridized carbons (Fsp3) is 0.176. The molecule has 20 heavy (non-hydrogen) atoms. The van der Waals surface area contributed by atoms with Crippen LogP contribution in [0.2, 0.25) is 5.02 Å². The third kappa shape index (κ3) is 3.55. The van der Waals surface area contributed by atoms with Gasteiger partial charge in [0, 0.05) is 22.8 Å². The summed E-state index contributed by atoms with van der Waals surface area (Å²) in [5.74, 6) is 0.875. The highest BCUT2D eigenvalue weighted by Gasteiger charge is 2.05. The molecule has 0 spiro atoms. The van der Waals surface area contributed by atoms with Gasteiger partial charge in [0.25, 0.3) is 0 Å². The first kappa shape index (κ1) is 14.5. The van der Waals surface area contributed by atoms with Crippen LogP contribution in [0.4, 0.5) is 5.69 Å². The molecule has 0 aromatic heterocycles. The molecule has 0 radical (unpaired) electrons. The molecule has 104 valence electrons. The molecule has 0 saturated carbocycles. The number of benzene rings is 2. The minimum absolute atomic E-state index is 0.507. The number of anilines is 1. The molecule has 0 amide bonds. The van der Waals surface area contributed by atoms with Gasteiger partial charge >= 0.3 is 0 Å². The van der Waals surface area contributed by atoms with Crippen molar-refractivity contribution < 1.29 is 4.74 Å². The Morgan fingerprint density at radius 2 is 2.00 bits per heavy atom. The molecule has 2 rings (SSSR count). The van der Waals surface area contributed by atoms with Crippen LogP contribution < -0.4 is 10.1 Å². The molecule has 1 N–H and O–H groups in total. The summed E-state index contributed by atoms with van der Waals surface area (Å²) in [4.78, 5) is 0. The first-order valence-corrected chi connectivity index (χ1v) is 6.90. The van der Waals surface area contributed by atoms with Crippen molar-refractivity contribution in [3.05, 3.63) is 71.3 Å². The Kier molecular flexibility index (Phi) is 5.08. The van der Waals surface area contributed by atoms with Gasteiger partial charge in [0.2, 0.25) is 0 Å². The van der Waals surface area contributed by atoms with Crippen LogP contribution in [-0.2, 0) is 6.54 Å². The fourth-order valence-corrected chi connectivity index (χ4v) is 2.10. The Hall–Kier alpha value is -1.93. The first-order valence-electron chi connectivity index (χ1n) is 6.53. The molecule has 3 heteroatoms.